The quantitative estimate of drug-likeness (QED) is 0.256. The van der Waals surface area contributed by atoms with Crippen molar-refractivity contribution in [2.75, 3.05) is 0 Å². The Bertz CT molecular complexity index is 1060. The molecule has 0 amide bonds. The van der Waals surface area contributed by atoms with E-state index < -0.39 is 0 Å². The van der Waals surface area contributed by atoms with Gasteiger partial charge in [-0.1, -0.05) is 74.4 Å². The topological polar surface area (TPSA) is 0 Å². The number of allylic oxidation sites excluding steroid dienone is 9. The summed E-state index contributed by atoms with van der Waals surface area (Å²) in [5.74, 6) is 0.684. The molecule has 0 N–H and O–H groups in total. The zero-order valence-corrected chi connectivity index (χ0v) is 23.5. The summed E-state index contributed by atoms with van der Waals surface area (Å²) in [7, 11) is 0. The average Bonchev–Trinajstić information content (AvgIpc) is 2.79. The Morgan fingerprint density at radius 3 is 2.18 bits per heavy atom. The molecule has 1 aromatic carbocycles. The summed E-state index contributed by atoms with van der Waals surface area (Å²) >= 11 is 0. The maximum Gasteiger partial charge on any atom is 0.00172 e. The fourth-order valence-electron chi connectivity index (χ4n) is 5.64. The first kappa shape index (κ1) is 27.9. The minimum Gasteiger partial charge on any atom is -0.103 e. The molecule has 0 saturated carbocycles. The molecule has 0 heteroatoms. The van der Waals surface area contributed by atoms with Crippen LogP contribution in [0.2, 0.25) is 0 Å². The lowest BCUT2D eigenvalue weighted by atomic mass is 9.75. The third kappa shape index (κ3) is 5.83. The molecule has 2 rings (SSSR count). The van der Waals surface area contributed by atoms with Crippen molar-refractivity contribution in [1.82, 2.24) is 0 Å². The molecule has 0 saturated heterocycles. The van der Waals surface area contributed by atoms with Crippen LogP contribution < -0.4 is 0 Å². The average molecular weight is 457 g/mol. The van der Waals surface area contributed by atoms with Gasteiger partial charge < -0.3 is 0 Å². The van der Waals surface area contributed by atoms with E-state index >= 15 is 0 Å². The lowest BCUT2D eigenvalue weighted by molar-refractivity contribution is 0.730. The Balaban J connectivity index is 2.70. The number of hydrogen-bond acceptors (Lipinski definition) is 0. The minimum atomic E-state index is 0.287. The van der Waals surface area contributed by atoms with Gasteiger partial charge in [0, 0.05) is 5.92 Å². The van der Waals surface area contributed by atoms with E-state index in [0.717, 1.165) is 18.4 Å². The van der Waals surface area contributed by atoms with Crippen molar-refractivity contribution in [1.29, 1.82) is 0 Å². The van der Waals surface area contributed by atoms with Crippen molar-refractivity contribution in [2.24, 2.45) is 11.8 Å². The highest BCUT2D eigenvalue weighted by Crippen LogP contribution is 2.42. The van der Waals surface area contributed by atoms with E-state index in [-0.39, 0.29) is 5.92 Å². The first-order valence-corrected chi connectivity index (χ1v) is 13.1. The van der Waals surface area contributed by atoms with Gasteiger partial charge in [-0.2, -0.15) is 0 Å². The van der Waals surface area contributed by atoms with Gasteiger partial charge in [-0.3, -0.25) is 0 Å². The number of rotatable bonds is 9. The summed E-state index contributed by atoms with van der Waals surface area (Å²) in [6.07, 6.45) is 10.0. The molecule has 1 aliphatic rings. The second kappa shape index (κ2) is 11.9. The van der Waals surface area contributed by atoms with Crippen molar-refractivity contribution >= 4 is 5.57 Å². The zero-order chi connectivity index (χ0) is 25.7. The Kier molecular flexibility index (Phi) is 9.74. The second-order valence-corrected chi connectivity index (χ2v) is 10.6. The van der Waals surface area contributed by atoms with Crippen LogP contribution >= 0.6 is 0 Å². The van der Waals surface area contributed by atoms with Crippen LogP contribution in [0.15, 0.2) is 71.4 Å². The monoisotopic (exact) mass is 456 g/mol. The predicted molar refractivity (Wildman–Crippen MR) is 154 cm³/mol. The Labute approximate surface area is 211 Å². The first-order valence-electron chi connectivity index (χ1n) is 13.1. The minimum absolute atomic E-state index is 0.287. The molecule has 1 aliphatic carbocycles. The maximum atomic E-state index is 4.29. The van der Waals surface area contributed by atoms with Crippen molar-refractivity contribution < 1.29 is 0 Å². The Morgan fingerprint density at radius 1 is 1.00 bits per heavy atom. The summed E-state index contributed by atoms with van der Waals surface area (Å²) in [5, 5.41) is 0. The summed E-state index contributed by atoms with van der Waals surface area (Å²) in [5.41, 5.74) is 17.1. The van der Waals surface area contributed by atoms with E-state index in [1.54, 1.807) is 22.3 Å². The maximum absolute atomic E-state index is 4.29. The summed E-state index contributed by atoms with van der Waals surface area (Å²) in [4.78, 5) is 0. The number of benzene rings is 1. The standard InChI is InChI=1S/C34H48/c1-13-16-30(22(5)6)33(26(10)21(3)4)20-24(8)27(11)29(14-2)32-18-15-17-31-28(12)23(7)19-25(9)34(31)32/h13,19-20,26-27H,1,3,5,14-18H2,2,4,6-12H3/b24-20+,32-29-,33-30+. The highest BCUT2D eigenvalue weighted by atomic mass is 14.3. The molecule has 0 fully saturated rings. The lowest BCUT2D eigenvalue weighted by Gasteiger charge is -2.30. The largest absolute Gasteiger partial charge is 0.103 e. The van der Waals surface area contributed by atoms with Crippen LogP contribution in [0.25, 0.3) is 5.57 Å². The second-order valence-electron chi connectivity index (χ2n) is 10.6. The van der Waals surface area contributed by atoms with Crippen LogP contribution in [0, 0.1) is 32.6 Å². The first-order chi connectivity index (χ1) is 16.0. The molecule has 0 radical (unpaired) electrons. The van der Waals surface area contributed by atoms with Crippen molar-refractivity contribution in [3.8, 4) is 0 Å². The van der Waals surface area contributed by atoms with E-state index in [4.69, 9.17) is 0 Å². The molecular weight excluding hydrogens is 408 g/mol. The third-order valence-corrected chi connectivity index (χ3v) is 8.10. The molecular formula is C34H48. The highest BCUT2D eigenvalue weighted by molar-refractivity contribution is 5.77. The van der Waals surface area contributed by atoms with E-state index in [0.29, 0.717) is 5.92 Å². The smallest absolute Gasteiger partial charge is 0.00172 e. The number of fused-ring (bicyclic) bond motifs is 1. The van der Waals surface area contributed by atoms with E-state index in [1.165, 1.54) is 58.2 Å². The summed E-state index contributed by atoms with van der Waals surface area (Å²) in [6, 6.07) is 2.39. The molecule has 0 heterocycles. The highest BCUT2D eigenvalue weighted by Gasteiger charge is 2.24. The van der Waals surface area contributed by atoms with Crippen LogP contribution in [-0.2, 0) is 6.42 Å². The normalized spacial score (nSPS) is 18.0. The Morgan fingerprint density at radius 2 is 1.65 bits per heavy atom. The number of aryl methyl sites for hydroxylation is 2. The van der Waals surface area contributed by atoms with E-state index in [9.17, 15) is 0 Å². The van der Waals surface area contributed by atoms with E-state index in [2.05, 4.69) is 94.2 Å². The molecule has 0 bridgehead atoms. The van der Waals surface area contributed by atoms with Crippen LogP contribution in [0.4, 0.5) is 0 Å². The molecule has 34 heavy (non-hydrogen) atoms. The number of hydrogen-bond donors (Lipinski definition) is 0. The van der Waals surface area contributed by atoms with Crippen molar-refractivity contribution in [3.63, 3.8) is 0 Å². The predicted octanol–water partition coefficient (Wildman–Crippen LogP) is 10.4. The zero-order valence-electron chi connectivity index (χ0n) is 23.5. The fraction of sp³-hybridized carbons (Fsp3) is 0.471. The molecule has 0 nitrogen and oxygen atoms in total. The molecule has 2 atom stereocenters. The Hall–Kier alpha value is -2.34. The molecule has 184 valence electrons. The third-order valence-electron chi connectivity index (χ3n) is 8.10. The van der Waals surface area contributed by atoms with Crippen LogP contribution in [-0.4, -0.2) is 0 Å². The van der Waals surface area contributed by atoms with Gasteiger partial charge in [-0.15, -0.1) is 6.58 Å². The fourth-order valence-corrected chi connectivity index (χ4v) is 5.64. The van der Waals surface area contributed by atoms with Crippen LogP contribution in [0.5, 0.6) is 0 Å². The van der Waals surface area contributed by atoms with Gasteiger partial charge in [0.15, 0.2) is 0 Å². The van der Waals surface area contributed by atoms with E-state index in [1.807, 2.05) is 6.08 Å². The van der Waals surface area contributed by atoms with Crippen molar-refractivity contribution in [3.05, 3.63) is 99.2 Å². The van der Waals surface area contributed by atoms with Crippen LogP contribution in [0.3, 0.4) is 0 Å². The van der Waals surface area contributed by atoms with Gasteiger partial charge in [0.25, 0.3) is 0 Å². The molecule has 0 aromatic heterocycles. The van der Waals surface area contributed by atoms with Gasteiger partial charge in [0.05, 0.1) is 0 Å². The molecule has 1 aromatic rings. The van der Waals surface area contributed by atoms with Gasteiger partial charge >= 0.3 is 0 Å². The molecule has 0 aliphatic heterocycles. The SMILES string of the molecule is C=CC/C(C(=C)C)=C(/C=C(\C)C(C)/C(CC)=C1/CCCc2c(C)c(C)cc(C)c21)C(C)C(=C)C. The van der Waals surface area contributed by atoms with Gasteiger partial charge in [0.2, 0.25) is 0 Å². The van der Waals surface area contributed by atoms with Gasteiger partial charge in [-0.05, 0) is 124 Å². The van der Waals surface area contributed by atoms with Crippen molar-refractivity contribution in [2.45, 2.75) is 94.4 Å². The van der Waals surface area contributed by atoms with Gasteiger partial charge in [-0.25, -0.2) is 0 Å². The molecule has 0 spiro atoms. The van der Waals surface area contributed by atoms with Gasteiger partial charge in [0.1, 0.15) is 0 Å². The lowest BCUT2D eigenvalue weighted by Crippen LogP contribution is -2.13. The van der Waals surface area contributed by atoms with Crippen LogP contribution in [0.1, 0.15) is 95.0 Å². The molecule has 2 unspecified atom stereocenters. The summed E-state index contributed by atoms with van der Waals surface area (Å²) < 4.78 is 0. The summed E-state index contributed by atoms with van der Waals surface area (Å²) in [6.45, 7) is 33.0.